The van der Waals surface area contributed by atoms with E-state index in [1.165, 1.54) is 4.90 Å². The molecule has 0 spiro atoms. The summed E-state index contributed by atoms with van der Waals surface area (Å²) in [7, 11) is 0. The Kier molecular flexibility index (Phi) is 5.17. The summed E-state index contributed by atoms with van der Waals surface area (Å²) in [5, 5.41) is 20.1. The molecule has 1 saturated heterocycles. The van der Waals surface area contributed by atoms with Crippen LogP contribution in [-0.2, 0) is 0 Å². The predicted molar refractivity (Wildman–Crippen MR) is 91.9 cm³/mol. The Hall–Kier alpha value is -1.90. The minimum absolute atomic E-state index is 0.202. The van der Waals surface area contributed by atoms with Crippen molar-refractivity contribution >= 4 is 27.6 Å². The summed E-state index contributed by atoms with van der Waals surface area (Å²) in [6, 6.07) is 5.75. The van der Waals surface area contributed by atoms with Gasteiger partial charge in [-0.05, 0) is 19.1 Å². The summed E-state index contributed by atoms with van der Waals surface area (Å²) in [6.07, 6.45) is -1.50. The van der Waals surface area contributed by atoms with Crippen molar-refractivity contribution in [2.45, 2.75) is 13.0 Å². The predicted octanol–water partition coefficient (Wildman–Crippen LogP) is 1.64. The van der Waals surface area contributed by atoms with Gasteiger partial charge < -0.3 is 19.8 Å². The van der Waals surface area contributed by atoms with Crippen LogP contribution in [0.2, 0.25) is 0 Å². The molecule has 2 aromatic rings. The first-order valence-corrected chi connectivity index (χ1v) is 8.71. The van der Waals surface area contributed by atoms with Gasteiger partial charge in [0, 0.05) is 38.8 Å². The minimum atomic E-state index is -0.883. The van der Waals surface area contributed by atoms with Crippen molar-refractivity contribution in [3.63, 3.8) is 0 Å². The zero-order chi connectivity index (χ0) is 17.1. The fraction of sp³-hybridized carbons (Fsp3) is 0.500. The van der Waals surface area contributed by atoms with Gasteiger partial charge in [-0.2, -0.15) is 0 Å². The van der Waals surface area contributed by atoms with Crippen molar-refractivity contribution in [2.75, 3.05) is 39.3 Å². The lowest BCUT2D eigenvalue weighted by Crippen LogP contribution is -2.50. The number of hydrogen-bond donors (Lipinski definition) is 2. The number of aryl methyl sites for hydroxylation is 1. The van der Waals surface area contributed by atoms with Crippen LogP contribution in [0.3, 0.4) is 0 Å². The Morgan fingerprint density at radius 2 is 2.12 bits per heavy atom. The van der Waals surface area contributed by atoms with Gasteiger partial charge in [0.15, 0.2) is 0 Å². The van der Waals surface area contributed by atoms with Crippen molar-refractivity contribution in [1.29, 1.82) is 0 Å². The van der Waals surface area contributed by atoms with E-state index in [0.29, 0.717) is 38.5 Å². The number of rotatable bonds is 5. The number of amides is 1. The van der Waals surface area contributed by atoms with Crippen LogP contribution in [0.25, 0.3) is 10.2 Å². The quantitative estimate of drug-likeness (QED) is 0.852. The molecule has 0 aliphatic carbocycles. The lowest BCUT2D eigenvalue weighted by Gasteiger charge is -2.34. The molecule has 1 fully saturated rings. The first kappa shape index (κ1) is 16.9. The third-order valence-electron chi connectivity index (χ3n) is 4.02. The monoisotopic (exact) mass is 351 g/mol. The number of aromatic nitrogens is 1. The van der Waals surface area contributed by atoms with Crippen LogP contribution in [0.5, 0.6) is 5.75 Å². The third kappa shape index (κ3) is 4.14. The maximum atomic E-state index is 10.9. The van der Waals surface area contributed by atoms with Crippen LogP contribution in [0, 0.1) is 6.92 Å². The molecule has 1 amide bonds. The first-order chi connectivity index (χ1) is 11.5. The molecule has 0 bridgehead atoms. The zero-order valence-corrected chi connectivity index (χ0v) is 14.3. The number of thiazole rings is 1. The molecular formula is C16H21N3O4S. The Morgan fingerprint density at radius 1 is 1.38 bits per heavy atom. The van der Waals surface area contributed by atoms with Crippen LogP contribution in [0.15, 0.2) is 18.2 Å². The highest BCUT2D eigenvalue weighted by molar-refractivity contribution is 7.18. The van der Waals surface area contributed by atoms with E-state index in [-0.39, 0.29) is 6.61 Å². The SMILES string of the molecule is Cc1nc2cc(OCC(O)CN3CCN(C(=O)O)CC3)ccc2s1. The topological polar surface area (TPSA) is 86.1 Å². The Labute approximate surface area is 144 Å². The van der Waals surface area contributed by atoms with Gasteiger partial charge in [0.1, 0.15) is 18.5 Å². The molecule has 1 aliphatic rings. The fourth-order valence-corrected chi connectivity index (χ4v) is 3.58. The fourth-order valence-electron chi connectivity index (χ4n) is 2.78. The number of carboxylic acid groups (broad SMARTS) is 1. The number of carbonyl (C=O) groups is 1. The first-order valence-electron chi connectivity index (χ1n) is 7.89. The van der Waals surface area contributed by atoms with E-state index >= 15 is 0 Å². The van der Waals surface area contributed by atoms with E-state index in [0.717, 1.165) is 15.2 Å². The molecule has 2 heterocycles. The van der Waals surface area contributed by atoms with Gasteiger partial charge in [-0.15, -0.1) is 11.3 Å². The second-order valence-electron chi connectivity index (χ2n) is 5.90. The maximum Gasteiger partial charge on any atom is 0.407 e. The van der Waals surface area contributed by atoms with Crippen molar-refractivity contribution in [1.82, 2.24) is 14.8 Å². The summed E-state index contributed by atoms with van der Waals surface area (Å²) in [6.45, 7) is 4.87. The number of benzene rings is 1. The molecule has 8 heteroatoms. The molecule has 2 N–H and O–H groups in total. The number of piperazine rings is 1. The van der Waals surface area contributed by atoms with Gasteiger partial charge in [-0.1, -0.05) is 0 Å². The molecular weight excluding hydrogens is 330 g/mol. The largest absolute Gasteiger partial charge is 0.491 e. The van der Waals surface area contributed by atoms with Gasteiger partial charge in [-0.25, -0.2) is 9.78 Å². The summed E-state index contributed by atoms with van der Waals surface area (Å²) >= 11 is 1.64. The molecule has 1 aliphatic heterocycles. The van der Waals surface area contributed by atoms with Crippen LogP contribution >= 0.6 is 11.3 Å². The number of aliphatic hydroxyl groups is 1. The number of nitrogens with zero attached hydrogens (tertiary/aromatic N) is 3. The summed E-state index contributed by atoms with van der Waals surface area (Å²) in [5.74, 6) is 0.697. The standard InChI is InChI=1S/C16H21N3O4S/c1-11-17-14-8-13(2-3-15(14)24-11)23-10-12(20)9-18-4-6-19(7-5-18)16(21)22/h2-3,8,12,20H,4-7,9-10H2,1H3,(H,21,22). The summed E-state index contributed by atoms with van der Waals surface area (Å²) < 4.78 is 6.79. The molecule has 1 unspecified atom stereocenters. The Bertz CT molecular complexity index is 712. The van der Waals surface area contributed by atoms with Crippen molar-refractivity contribution in [3.05, 3.63) is 23.2 Å². The maximum absolute atomic E-state index is 10.9. The molecule has 3 rings (SSSR count). The molecule has 1 aromatic heterocycles. The number of hydrogen-bond acceptors (Lipinski definition) is 6. The van der Waals surface area contributed by atoms with Crippen LogP contribution in [0.4, 0.5) is 4.79 Å². The van der Waals surface area contributed by atoms with Crippen LogP contribution in [-0.4, -0.2) is 76.5 Å². The lowest BCUT2D eigenvalue weighted by molar-refractivity contribution is 0.0464. The van der Waals surface area contributed by atoms with E-state index in [2.05, 4.69) is 9.88 Å². The third-order valence-corrected chi connectivity index (χ3v) is 4.97. The average Bonchev–Trinajstić information content (AvgIpc) is 2.92. The molecule has 0 radical (unpaired) electrons. The van der Waals surface area contributed by atoms with Crippen molar-refractivity contribution < 1.29 is 19.7 Å². The van der Waals surface area contributed by atoms with Crippen LogP contribution < -0.4 is 4.74 Å². The normalized spacial score (nSPS) is 17.2. The van der Waals surface area contributed by atoms with Gasteiger partial charge in [0.2, 0.25) is 0 Å². The molecule has 24 heavy (non-hydrogen) atoms. The van der Waals surface area contributed by atoms with E-state index < -0.39 is 12.2 Å². The average molecular weight is 351 g/mol. The zero-order valence-electron chi connectivity index (χ0n) is 13.5. The molecule has 130 valence electrons. The minimum Gasteiger partial charge on any atom is -0.491 e. The second kappa shape index (κ2) is 7.33. The molecule has 0 saturated carbocycles. The molecule has 1 atom stereocenters. The number of fused-ring (bicyclic) bond motifs is 1. The summed E-state index contributed by atoms with van der Waals surface area (Å²) in [4.78, 5) is 18.8. The number of β-amino-alcohol motifs (C(OH)–C–C–N with tert-alkyl or cyclic N) is 1. The van der Waals surface area contributed by atoms with Gasteiger partial charge in [0.05, 0.1) is 15.2 Å². The van der Waals surface area contributed by atoms with E-state index in [1.54, 1.807) is 11.3 Å². The molecule has 7 nitrogen and oxygen atoms in total. The van der Waals surface area contributed by atoms with E-state index in [4.69, 9.17) is 9.84 Å². The van der Waals surface area contributed by atoms with Gasteiger partial charge >= 0.3 is 6.09 Å². The Morgan fingerprint density at radius 3 is 2.83 bits per heavy atom. The highest BCUT2D eigenvalue weighted by Gasteiger charge is 2.22. The van der Waals surface area contributed by atoms with Crippen LogP contribution in [0.1, 0.15) is 5.01 Å². The number of ether oxygens (including phenoxy) is 1. The van der Waals surface area contributed by atoms with E-state index in [9.17, 15) is 9.90 Å². The lowest BCUT2D eigenvalue weighted by atomic mass is 10.2. The van der Waals surface area contributed by atoms with E-state index in [1.807, 2.05) is 25.1 Å². The summed E-state index contributed by atoms with van der Waals surface area (Å²) in [5.41, 5.74) is 0.911. The smallest absolute Gasteiger partial charge is 0.407 e. The molecule has 1 aromatic carbocycles. The highest BCUT2D eigenvalue weighted by Crippen LogP contribution is 2.25. The van der Waals surface area contributed by atoms with Crippen molar-refractivity contribution in [3.8, 4) is 5.75 Å². The van der Waals surface area contributed by atoms with Gasteiger partial charge in [-0.3, -0.25) is 4.90 Å². The highest BCUT2D eigenvalue weighted by atomic mass is 32.1. The van der Waals surface area contributed by atoms with Crippen molar-refractivity contribution in [2.24, 2.45) is 0 Å². The Balaban J connectivity index is 1.46. The second-order valence-corrected chi connectivity index (χ2v) is 7.13. The number of aliphatic hydroxyl groups excluding tert-OH is 1. The van der Waals surface area contributed by atoms with Gasteiger partial charge in [0.25, 0.3) is 0 Å².